The van der Waals surface area contributed by atoms with E-state index in [0.717, 1.165) is 44.3 Å². The number of hydrogen-bond donors (Lipinski definition) is 0. The van der Waals surface area contributed by atoms with E-state index in [4.69, 9.17) is 19.4 Å². The molecule has 0 unspecified atom stereocenters. The SMILES string of the molecule is c1ccc(-c2nc(-c3ccc4oc5ccccc5c4c3)nc(-c3ccc4sc5ccc(-c6cccc7c6c6ccccc6n7-c6ccccc6)cc5c4c3)n2)cc1. The maximum absolute atomic E-state index is 6.14. The molecule has 0 saturated carbocycles. The zero-order valence-corrected chi connectivity index (χ0v) is 31.2. The minimum absolute atomic E-state index is 0.617. The first-order chi connectivity index (χ1) is 28.2. The molecule has 5 nitrogen and oxygen atoms in total. The molecule has 0 saturated heterocycles. The third-order valence-electron chi connectivity index (χ3n) is 11.1. The summed E-state index contributed by atoms with van der Waals surface area (Å²) in [5, 5.41) is 7.00. The lowest BCUT2D eigenvalue weighted by Gasteiger charge is -2.09. The minimum Gasteiger partial charge on any atom is -0.456 e. The van der Waals surface area contributed by atoms with Crippen LogP contribution >= 0.6 is 11.3 Å². The van der Waals surface area contributed by atoms with Gasteiger partial charge < -0.3 is 8.98 Å². The van der Waals surface area contributed by atoms with Gasteiger partial charge in [0.2, 0.25) is 0 Å². The van der Waals surface area contributed by atoms with Crippen molar-refractivity contribution in [3.8, 4) is 51.0 Å². The van der Waals surface area contributed by atoms with Crippen LogP contribution in [0.2, 0.25) is 0 Å². The van der Waals surface area contributed by atoms with Crippen molar-refractivity contribution in [2.45, 2.75) is 0 Å². The van der Waals surface area contributed by atoms with Gasteiger partial charge in [0.05, 0.1) is 11.0 Å². The molecule has 0 aliphatic rings. The molecule has 0 fully saturated rings. The fourth-order valence-electron chi connectivity index (χ4n) is 8.41. The number of para-hydroxylation sites is 3. The summed E-state index contributed by atoms with van der Waals surface area (Å²) in [7, 11) is 0. The van der Waals surface area contributed by atoms with Gasteiger partial charge in [0.1, 0.15) is 11.2 Å². The largest absolute Gasteiger partial charge is 0.456 e. The lowest BCUT2D eigenvalue weighted by molar-refractivity contribution is 0.669. The number of fused-ring (bicyclic) bond motifs is 9. The molecule has 0 aliphatic carbocycles. The van der Waals surface area contributed by atoms with Gasteiger partial charge in [-0.25, -0.2) is 15.0 Å². The van der Waals surface area contributed by atoms with Gasteiger partial charge in [-0.1, -0.05) is 103 Å². The Kier molecular flexibility index (Phi) is 7.03. The highest BCUT2D eigenvalue weighted by Crippen LogP contribution is 2.42. The lowest BCUT2D eigenvalue weighted by atomic mass is 9.97. The topological polar surface area (TPSA) is 56.7 Å². The summed E-state index contributed by atoms with van der Waals surface area (Å²) in [4.78, 5) is 15.3. The van der Waals surface area contributed by atoms with Crippen LogP contribution in [0.25, 0.3) is 115 Å². The van der Waals surface area contributed by atoms with Crippen LogP contribution in [-0.4, -0.2) is 19.5 Å². The van der Waals surface area contributed by atoms with Crippen molar-refractivity contribution in [1.82, 2.24) is 19.5 Å². The average molecular weight is 747 g/mol. The van der Waals surface area contributed by atoms with Crippen LogP contribution < -0.4 is 0 Å². The molecule has 0 atom stereocenters. The van der Waals surface area contributed by atoms with Crippen molar-refractivity contribution in [3.05, 3.63) is 182 Å². The average Bonchev–Trinajstić information content (AvgIpc) is 3.95. The standard InChI is InChI=1S/C51H30N4OS/c1-3-12-31(13-4-1)49-52-50(33-22-25-45-39(29-33)37-16-8-10-21-44(37)56-45)54-51(53-49)34-24-27-47-41(30-34)40-28-32(23-26-46(40)57-47)36-18-11-20-43-48(36)38-17-7-9-19-42(38)55(43)35-14-5-2-6-15-35/h1-30H. The quantitative estimate of drug-likeness (QED) is 0.176. The van der Waals surface area contributed by atoms with E-state index in [1.165, 1.54) is 53.1 Å². The zero-order chi connectivity index (χ0) is 37.5. The molecule has 0 N–H and O–H groups in total. The van der Waals surface area contributed by atoms with Crippen LogP contribution in [0.4, 0.5) is 0 Å². The van der Waals surface area contributed by atoms with E-state index in [1.54, 1.807) is 0 Å². The molecule has 0 bridgehead atoms. The lowest BCUT2D eigenvalue weighted by Crippen LogP contribution is -2.00. The van der Waals surface area contributed by atoms with E-state index in [0.29, 0.717) is 17.5 Å². The summed E-state index contributed by atoms with van der Waals surface area (Å²) in [6, 6.07) is 64.0. The highest BCUT2D eigenvalue weighted by atomic mass is 32.1. The van der Waals surface area contributed by atoms with Gasteiger partial charge in [-0.3, -0.25) is 0 Å². The molecule has 266 valence electrons. The second kappa shape index (κ2) is 12.6. The molecule has 12 rings (SSSR count). The van der Waals surface area contributed by atoms with Gasteiger partial charge >= 0.3 is 0 Å². The number of benzene rings is 8. The third kappa shape index (κ3) is 5.12. The van der Waals surface area contributed by atoms with Crippen molar-refractivity contribution >= 4 is 75.3 Å². The van der Waals surface area contributed by atoms with Crippen molar-refractivity contribution in [2.24, 2.45) is 0 Å². The molecule has 0 radical (unpaired) electrons. The smallest absolute Gasteiger partial charge is 0.164 e. The van der Waals surface area contributed by atoms with Gasteiger partial charge in [-0.15, -0.1) is 11.3 Å². The van der Waals surface area contributed by atoms with E-state index in [2.05, 4.69) is 126 Å². The third-order valence-corrected chi connectivity index (χ3v) is 12.2. The number of rotatable bonds is 5. The maximum Gasteiger partial charge on any atom is 0.164 e. The highest BCUT2D eigenvalue weighted by molar-refractivity contribution is 7.25. The highest BCUT2D eigenvalue weighted by Gasteiger charge is 2.19. The molecule has 8 aromatic carbocycles. The van der Waals surface area contributed by atoms with E-state index >= 15 is 0 Å². The number of nitrogens with zero attached hydrogens (tertiary/aromatic N) is 4. The van der Waals surface area contributed by atoms with E-state index in [1.807, 2.05) is 72.0 Å². The van der Waals surface area contributed by atoms with Crippen LogP contribution in [0.3, 0.4) is 0 Å². The number of thiophene rings is 1. The number of aromatic nitrogens is 4. The summed E-state index contributed by atoms with van der Waals surface area (Å²) >= 11 is 1.81. The van der Waals surface area contributed by atoms with Gasteiger partial charge in [-0.05, 0) is 90.0 Å². The van der Waals surface area contributed by atoms with E-state index < -0.39 is 0 Å². The Morgan fingerprint density at radius 2 is 0.947 bits per heavy atom. The van der Waals surface area contributed by atoms with Gasteiger partial charge in [0, 0.05) is 64.1 Å². The van der Waals surface area contributed by atoms with Crippen molar-refractivity contribution < 1.29 is 4.42 Å². The summed E-state index contributed by atoms with van der Waals surface area (Å²) in [6.07, 6.45) is 0. The molecule has 0 amide bonds. The summed E-state index contributed by atoms with van der Waals surface area (Å²) in [6.45, 7) is 0. The molecule has 57 heavy (non-hydrogen) atoms. The Morgan fingerprint density at radius 1 is 0.386 bits per heavy atom. The molecule has 6 heteroatoms. The molecule has 0 aliphatic heterocycles. The maximum atomic E-state index is 6.14. The summed E-state index contributed by atoms with van der Waals surface area (Å²) < 4.78 is 11.0. The Bertz CT molecular complexity index is 3530. The van der Waals surface area contributed by atoms with Crippen molar-refractivity contribution in [2.75, 3.05) is 0 Å². The fourth-order valence-corrected chi connectivity index (χ4v) is 9.48. The molecule has 4 heterocycles. The van der Waals surface area contributed by atoms with E-state index in [9.17, 15) is 0 Å². The Hall–Kier alpha value is -7.41. The fraction of sp³-hybridized carbons (Fsp3) is 0. The predicted octanol–water partition coefficient (Wildman–Crippen LogP) is 13.9. The van der Waals surface area contributed by atoms with Crippen LogP contribution in [0.1, 0.15) is 0 Å². The Labute approximate surface area is 330 Å². The molecule has 4 aromatic heterocycles. The Morgan fingerprint density at radius 3 is 1.72 bits per heavy atom. The van der Waals surface area contributed by atoms with Gasteiger partial charge in [-0.2, -0.15) is 0 Å². The normalized spacial score (nSPS) is 11.9. The molecular formula is C51H30N4OS. The monoisotopic (exact) mass is 746 g/mol. The predicted molar refractivity (Wildman–Crippen MR) is 236 cm³/mol. The second-order valence-electron chi connectivity index (χ2n) is 14.4. The van der Waals surface area contributed by atoms with Crippen LogP contribution in [0.5, 0.6) is 0 Å². The molecule has 12 aromatic rings. The van der Waals surface area contributed by atoms with Crippen LogP contribution in [0.15, 0.2) is 186 Å². The number of hydrogen-bond acceptors (Lipinski definition) is 5. The van der Waals surface area contributed by atoms with Crippen molar-refractivity contribution in [3.63, 3.8) is 0 Å². The number of furan rings is 1. The first-order valence-electron chi connectivity index (χ1n) is 19.0. The second-order valence-corrected chi connectivity index (χ2v) is 15.5. The van der Waals surface area contributed by atoms with Crippen LogP contribution in [0, 0.1) is 0 Å². The first kappa shape index (κ1) is 31.9. The zero-order valence-electron chi connectivity index (χ0n) is 30.4. The Balaban J connectivity index is 1.03. The molecule has 0 spiro atoms. The van der Waals surface area contributed by atoms with Gasteiger partial charge in [0.15, 0.2) is 17.5 Å². The van der Waals surface area contributed by atoms with E-state index in [-0.39, 0.29) is 0 Å². The van der Waals surface area contributed by atoms with Gasteiger partial charge in [0.25, 0.3) is 0 Å². The van der Waals surface area contributed by atoms with Crippen molar-refractivity contribution in [1.29, 1.82) is 0 Å². The summed E-state index contributed by atoms with van der Waals surface area (Å²) in [5.41, 5.74) is 10.4. The summed E-state index contributed by atoms with van der Waals surface area (Å²) in [5.74, 6) is 1.88. The van der Waals surface area contributed by atoms with Crippen LogP contribution in [-0.2, 0) is 0 Å². The first-order valence-corrected chi connectivity index (χ1v) is 19.8. The minimum atomic E-state index is 0.617. The molecular weight excluding hydrogens is 717 g/mol.